The number of anilines is 1. The maximum atomic E-state index is 5.88. The van der Waals surface area contributed by atoms with E-state index in [0.29, 0.717) is 5.25 Å². The van der Waals surface area contributed by atoms with E-state index >= 15 is 0 Å². The first-order valence-electron chi connectivity index (χ1n) is 6.75. The molecule has 1 unspecified atom stereocenters. The first kappa shape index (κ1) is 11.9. The number of benzene rings is 2. The minimum atomic E-state index is 0.553. The van der Waals surface area contributed by atoms with Crippen molar-refractivity contribution in [2.75, 3.05) is 5.73 Å². The molecule has 1 aliphatic rings. The van der Waals surface area contributed by atoms with Crippen molar-refractivity contribution in [3.8, 4) is 0 Å². The van der Waals surface area contributed by atoms with Gasteiger partial charge < -0.3 is 5.73 Å². The Hall–Kier alpha value is -1.94. The van der Waals surface area contributed by atoms with Gasteiger partial charge in [0.2, 0.25) is 0 Å². The molecule has 2 N–H and O–H groups in total. The van der Waals surface area contributed by atoms with Gasteiger partial charge in [0.15, 0.2) is 0 Å². The highest BCUT2D eigenvalue weighted by Gasteiger charge is 2.22. The number of nitrogens with zero attached hydrogens (tertiary/aromatic N) is 2. The fourth-order valence-electron chi connectivity index (χ4n) is 2.78. The largest absolute Gasteiger partial charge is 0.399 e. The summed E-state index contributed by atoms with van der Waals surface area (Å²) in [6, 6.07) is 14.6. The summed E-state index contributed by atoms with van der Waals surface area (Å²) in [5, 5.41) is 6.22. The van der Waals surface area contributed by atoms with Crippen molar-refractivity contribution in [3.63, 3.8) is 0 Å². The summed E-state index contributed by atoms with van der Waals surface area (Å²) in [7, 11) is 0. The zero-order valence-electron chi connectivity index (χ0n) is 11.0. The molecule has 0 spiro atoms. The van der Waals surface area contributed by atoms with Crippen molar-refractivity contribution in [1.82, 2.24) is 9.78 Å². The van der Waals surface area contributed by atoms with E-state index in [2.05, 4.69) is 34.0 Å². The molecule has 0 bridgehead atoms. The first-order chi connectivity index (χ1) is 9.79. The molecule has 2 heterocycles. The Labute approximate surface area is 121 Å². The van der Waals surface area contributed by atoms with Crippen molar-refractivity contribution >= 4 is 28.4 Å². The summed E-state index contributed by atoms with van der Waals surface area (Å²) in [5.74, 6) is 0. The number of aromatic nitrogens is 2. The van der Waals surface area contributed by atoms with Crippen LogP contribution in [0.15, 0.2) is 53.6 Å². The highest BCUT2D eigenvalue weighted by atomic mass is 32.2. The second-order valence-electron chi connectivity index (χ2n) is 5.20. The summed E-state index contributed by atoms with van der Waals surface area (Å²) < 4.78 is 2.08. The molecule has 1 aromatic heterocycles. The molecule has 0 amide bonds. The van der Waals surface area contributed by atoms with Crippen molar-refractivity contribution in [3.05, 3.63) is 54.2 Å². The van der Waals surface area contributed by atoms with Gasteiger partial charge in [0.1, 0.15) is 0 Å². The van der Waals surface area contributed by atoms with E-state index in [4.69, 9.17) is 5.73 Å². The highest BCUT2D eigenvalue weighted by Crippen LogP contribution is 2.37. The third kappa shape index (κ3) is 1.96. The number of rotatable bonds is 2. The van der Waals surface area contributed by atoms with Crippen LogP contribution in [0.2, 0.25) is 0 Å². The first-order valence-corrected chi connectivity index (χ1v) is 7.63. The van der Waals surface area contributed by atoms with E-state index in [9.17, 15) is 0 Å². The van der Waals surface area contributed by atoms with Crippen molar-refractivity contribution in [2.45, 2.75) is 23.1 Å². The van der Waals surface area contributed by atoms with Gasteiger partial charge in [0.05, 0.1) is 18.3 Å². The maximum absolute atomic E-state index is 5.88. The number of thioether (sulfide) groups is 1. The molecule has 20 heavy (non-hydrogen) atoms. The lowest BCUT2D eigenvalue weighted by molar-refractivity contribution is 0.613. The van der Waals surface area contributed by atoms with Gasteiger partial charge in [0, 0.05) is 21.2 Å². The Bertz CT molecular complexity index is 753. The normalized spacial score (nSPS) is 17.5. The second-order valence-corrected chi connectivity index (χ2v) is 6.54. The quantitative estimate of drug-likeness (QED) is 0.733. The van der Waals surface area contributed by atoms with Gasteiger partial charge in [0.25, 0.3) is 0 Å². The minimum Gasteiger partial charge on any atom is -0.399 e. The summed E-state index contributed by atoms with van der Waals surface area (Å²) in [6.07, 6.45) is 3.03. The van der Waals surface area contributed by atoms with Gasteiger partial charge in [-0.25, -0.2) is 0 Å². The van der Waals surface area contributed by atoms with Crippen LogP contribution in [0.3, 0.4) is 0 Å². The van der Waals surface area contributed by atoms with Gasteiger partial charge in [-0.1, -0.05) is 18.2 Å². The molecular formula is C16H15N3S. The monoisotopic (exact) mass is 281 g/mol. The lowest BCUT2D eigenvalue weighted by Crippen LogP contribution is -2.13. The molecule has 3 aromatic rings. The predicted molar refractivity (Wildman–Crippen MR) is 83.9 cm³/mol. The molecule has 1 aliphatic heterocycles. The summed E-state index contributed by atoms with van der Waals surface area (Å²) in [4.78, 5) is 1.41. The fraction of sp³-hybridized carbons (Fsp3) is 0.188. The van der Waals surface area contributed by atoms with E-state index < -0.39 is 0 Å². The topological polar surface area (TPSA) is 43.8 Å². The van der Waals surface area contributed by atoms with Gasteiger partial charge >= 0.3 is 0 Å². The van der Waals surface area contributed by atoms with Crippen molar-refractivity contribution in [1.29, 1.82) is 0 Å². The van der Waals surface area contributed by atoms with Crippen LogP contribution in [0.25, 0.3) is 10.9 Å². The Morgan fingerprint density at radius 3 is 3.05 bits per heavy atom. The maximum Gasteiger partial charge on any atom is 0.0703 e. The Morgan fingerprint density at radius 1 is 1.25 bits per heavy atom. The smallest absolute Gasteiger partial charge is 0.0703 e. The van der Waals surface area contributed by atoms with E-state index in [1.165, 1.54) is 10.5 Å². The molecule has 0 saturated heterocycles. The Morgan fingerprint density at radius 2 is 2.15 bits per heavy atom. The molecule has 2 aromatic carbocycles. The summed E-state index contributed by atoms with van der Waals surface area (Å²) in [5.41, 5.74) is 9.26. The lowest BCUT2D eigenvalue weighted by atomic mass is 10.1. The van der Waals surface area contributed by atoms with Crippen LogP contribution in [0.1, 0.15) is 5.56 Å². The molecule has 0 fully saturated rings. The summed E-state index contributed by atoms with van der Waals surface area (Å²) in [6.45, 7) is 0.923. The minimum absolute atomic E-state index is 0.553. The number of fused-ring (bicyclic) bond motifs is 2. The van der Waals surface area contributed by atoms with E-state index in [1.807, 2.05) is 36.2 Å². The molecule has 0 saturated carbocycles. The van der Waals surface area contributed by atoms with Gasteiger partial charge in [-0.3, -0.25) is 4.68 Å². The predicted octanol–water partition coefficient (Wildman–Crippen LogP) is 3.34. The van der Waals surface area contributed by atoms with E-state index in [1.54, 1.807) is 0 Å². The van der Waals surface area contributed by atoms with Crippen LogP contribution in [-0.2, 0) is 13.0 Å². The molecule has 0 aliphatic carbocycles. The van der Waals surface area contributed by atoms with Gasteiger partial charge in [-0.05, 0) is 36.2 Å². The number of hydrogen-bond donors (Lipinski definition) is 1. The second kappa shape index (κ2) is 4.56. The molecule has 4 heteroatoms. The van der Waals surface area contributed by atoms with E-state index in [-0.39, 0.29) is 0 Å². The zero-order valence-corrected chi connectivity index (χ0v) is 11.8. The zero-order chi connectivity index (χ0) is 13.5. The van der Waals surface area contributed by atoms with Crippen LogP contribution >= 0.6 is 11.8 Å². The van der Waals surface area contributed by atoms with Crippen molar-refractivity contribution in [2.24, 2.45) is 0 Å². The molecule has 4 rings (SSSR count). The number of nitrogen functional groups attached to an aromatic ring is 1. The van der Waals surface area contributed by atoms with Gasteiger partial charge in [-0.2, -0.15) is 5.10 Å². The third-order valence-electron chi connectivity index (χ3n) is 3.76. The number of hydrogen-bond acceptors (Lipinski definition) is 3. The SMILES string of the molecule is Nc1ccc2cnn(CC3Cc4ccccc4S3)c2c1. The van der Waals surface area contributed by atoms with Crippen LogP contribution in [0.4, 0.5) is 5.69 Å². The average molecular weight is 281 g/mol. The average Bonchev–Trinajstić information content (AvgIpc) is 3.03. The number of nitrogens with two attached hydrogens (primary N) is 1. The molecular weight excluding hydrogens is 266 g/mol. The standard InChI is InChI=1S/C16H15N3S/c17-13-6-5-12-9-18-19(15(12)8-13)10-14-7-11-3-1-2-4-16(11)20-14/h1-6,8-9,14H,7,10,17H2. The van der Waals surface area contributed by atoms with Crippen LogP contribution in [-0.4, -0.2) is 15.0 Å². The van der Waals surface area contributed by atoms with E-state index in [0.717, 1.165) is 29.6 Å². The van der Waals surface area contributed by atoms with Crippen LogP contribution in [0, 0.1) is 0 Å². The molecule has 0 radical (unpaired) electrons. The Balaban J connectivity index is 1.62. The van der Waals surface area contributed by atoms with Crippen LogP contribution in [0.5, 0.6) is 0 Å². The fourth-order valence-corrected chi connectivity index (χ4v) is 4.08. The lowest BCUT2D eigenvalue weighted by Gasteiger charge is -2.10. The summed E-state index contributed by atoms with van der Waals surface area (Å²) >= 11 is 1.96. The molecule has 3 nitrogen and oxygen atoms in total. The third-order valence-corrected chi connectivity index (χ3v) is 5.06. The van der Waals surface area contributed by atoms with Crippen molar-refractivity contribution < 1.29 is 0 Å². The Kier molecular flexibility index (Phi) is 2.70. The highest BCUT2D eigenvalue weighted by molar-refractivity contribution is 8.00. The molecule has 100 valence electrons. The van der Waals surface area contributed by atoms with Crippen LogP contribution < -0.4 is 5.73 Å². The molecule has 1 atom stereocenters. The van der Waals surface area contributed by atoms with Gasteiger partial charge in [-0.15, -0.1) is 11.8 Å².